The molecule has 1 aliphatic rings. The molecule has 0 aromatic heterocycles. The third kappa shape index (κ3) is 4.43. The van der Waals surface area contributed by atoms with Crippen LogP contribution < -0.4 is 5.73 Å². The van der Waals surface area contributed by atoms with Crippen LogP contribution in [0.1, 0.15) is 54.4 Å². The Morgan fingerprint density at radius 3 is 2.39 bits per heavy atom. The predicted molar refractivity (Wildman–Crippen MR) is 84.2 cm³/mol. The lowest BCUT2D eigenvalue weighted by molar-refractivity contribution is 0.0807. The molecule has 0 radical (unpaired) electrons. The minimum atomic E-state index is 0.259. The van der Waals surface area contributed by atoms with Crippen LogP contribution in [0.2, 0.25) is 0 Å². The summed E-state index contributed by atoms with van der Waals surface area (Å²) in [5.41, 5.74) is 6.66. The van der Waals surface area contributed by atoms with Gasteiger partial charge in [-0.1, -0.05) is 41.5 Å². The van der Waals surface area contributed by atoms with Crippen LogP contribution in [-0.2, 0) is 0 Å². The molecular formula is C15H32N2S. The van der Waals surface area contributed by atoms with Gasteiger partial charge in [0.2, 0.25) is 0 Å². The van der Waals surface area contributed by atoms with Crippen molar-refractivity contribution in [2.45, 2.75) is 71.2 Å². The molecule has 0 amide bonds. The molecule has 2 atom stereocenters. The highest BCUT2D eigenvalue weighted by molar-refractivity contribution is 8.00. The van der Waals surface area contributed by atoms with E-state index in [2.05, 4.69) is 58.2 Å². The van der Waals surface area contributed by atoms with Crippen molar-refractivity contribution in [3.8, 4) is 0 Å². The summed E-state index contributed by atoms with van der Waals surface area (Å²) < 4.78 is 0.424. The van der Waals surface area contributed by atoms with Crippen LogP contribution >= 0.6 is 11.8 Å². The van der Waals surface area contributed by atoms with Crippen molar-refractivity contribution in [2.75, 3.05) is 18.8 Å². The Morgan fingerprint density at radius 2 is 1.89 bits per heavy atom. The highest BCUT2D eigenvalue weighted by Crippen LogP contribution is 2.34. The van der Waals surface area contributed by atoms with E-state index in [0.29, 0.717) is 10.8 Å². The second-order valence-corrected chi connectivity index (χ2v) is 9.08. The van der Waals surface area contributed by atoms with Gasteiger partial charge >= 0.3 is 0 Å². The maximum absolute atomic E-state index is 6.40. The third-order valence-electron chi connectivity index (χ3n) is 4.03. The monoisotopic (exact) mass is 272 g/mol. The molecule has 18 heavy (non-hydrogen) atoms. The van der Waals surface area contributed by atoms with E-state index in [9.17, 15) is 0 Å². The molecule has 1 saturated heterocycles. The number of rotatable bonds is 3. The first kappa shape index (κ1) is 16.3. The van der Waals surface area contributed by atoms with Crippen LogP contribution in [0.5, 0.6) is 0 Å². The molecule has 1 aliphatic heterocycles. The van der Waals surface area contributed by atoms with Crippen LogP contribution in [0.25, 0.3) is 0 Å². The second kappa shape index (κ2) is 6.15. The SMILES string of the molecule is CCC(N)C(N1CCSC(C)(C)CC1)C(C)(C)C. The molecule has 1 heterocycles. The van der Waals surface area contributed by atoms with Crippen LogP contribution in [0, 0.1) is 5.41 Å². The zero-order valence-corrected chi connectivity index (χ0v) is 13.9. The summed E-state index contributed by atoms with van der Waals surface area (Å²) in [6.07, 6.45) is 2.33. The van der Waals surface area contributed by atoms with E-state index in [1.807, 2.05) is 0 Å². The first-order valence-electron chi connectivity index (χ1n) is 7.31. The lowest BCUT2D eigenvalue weighted by Crippen LogP contribution is -2.55. The third-order valence-corrected chi connectivity index (χ3v) is 5.40. The fourth-order valence-corrected chi connectivity index (χ4v) is 4.11. The maximum Gasteiger partial charge on any atom is 0.0295 e. The minimum absolute atomic E-state index is 0.259. The molecule has 2 unspecified atom stereocenters. The average Bonchev–Trinajstić information content (AvgIpc) is 2.38. The van der Waals surface area contributed by atoms with Crippen LogP contribution in [0.4, 0.5) is 0 Å². The Kier molecular flexibility index (Phi) is 5.58. The van der Waals surface area contributed by atoms with E-state index in [1.165, 1.54) is 25.3 Å². The number of nitrogens with two attached hydrogens (primary N) is 1. The smallest absolute Gasteiger partial charge is 0.0295 e. The first-order chi connectivity index (χ1) is 8.17. The van der Waals surface area contributed by atoms with Gasteiger partial charge in [-0.3, -0.25) is 4.90 Å². The molecule has 2 nitrogen and oxygen atoms in total. The molecule has 108 valence electrons. The van der Waals surface area contributed by atoms with Crippen molar-refractivity contribution in [1.82, 2.24) is 4.90 Å². The topological polar surface area (TPSA) is 29.3 Å². The van der Waals surface area contributed by atoms with E-state index >= 15 is 0 Å². The lowest BCUT2D eigenvalue weighted by atomic mass is 9.80. The van der Waals surface area contributed by atoms with Gasteiger partial charge in [-0.15, -0.1) is 0 Å². The number of hydrogen-bond donors (Lipinski definition) is 1. The Bertz CT molecular complexity index is 258. The molecular weight excluding hydrogens is 240 g/mol. The Morgan fingerprint density at radius 1 is 1.28 bits per heavy atom. The van der Waals surface area contributed by atoms with E-state index in [4.69, 9.17) is 5.73 Å². The van der Waals surface area contributed by atoms with Crippen LogP contribution in [0.3, 0.4) is 0 Å². The van der Waals surface area contributed by atoms with Gasteiger partial charge in [0.15, 0.2) is 0 Å². The van der Waals surface area contributed by atoms with Gasteiger partial charge in [-0.2, -0.15) is 11.8 Å². The number of nitrogens with zero attached hydrogens (tertiary/aromatic N) is 1. The molecule has 1 rings (SSSR count). The molecule has 0 saturated carbocycles. The van der Waals surface area contributed by atoms with Gasteiger partial charge in [-0.05, 0) is 24.8 Å². The van der Waals surface area contributed by atoms with E-state index in [1.54, 1.807) is 0 Å². The summed E-state index contributed by atoms with van der Waals surface area (Å²) in [4.78, 5) is 2.65. The summed E-state index contributed by atoms with van der Waals surface area (Å²) in [6, 6.07) is 0.785. The molecule has 0 spiro atoms. The van der Waals surface area contributed by atoms with Gasteiger partial charge in [-0.25, -0.2) is 0 Å². The van der Waals surface area contributed by atoms with Crippen molar-refractivity contribution in [1.29, 1.82) is 0 Å². The largest absolute Gasteiger partial charge is 0.326 e. The standard InChI is InChI=1S/C15H32N2S/c1-7-12(16)13(14(2,3)4)17-9-8-15(5,6)18-11-10-17/h12-13H,7-11,16H2,1-6H3. The Hall–Kier alpha value is 0.270. The number of thioether (sulfide) groups is 1. The highest BCUT2D eigenvalue weighted by atomic mass is 32.2. The predicted octanol–water partition coefficient (Wildman–Crippen LogP) is 3.36. The molecule has 1 fully saturated rings. The molecule has 2 N–H and O–H groups in total. The van der Waals surface area contributed by atoms with Crippen LogP contribution in [-0.4, -0.2) is 40.6 Å². The Balaban J connectivity index is 2.80. The van der Waals surface area contributed by atoms with E-state index in [-0.39, 0.29) is 11.5 Å². The summed E-state index contributed by atoms with van der Waals surface area (Å²) >= 11 is 2.11. The summed E-state index contributed by atoms with van der Waals surface area (Å²) in [5.74, 6) is 1.23. The van der Waals surface area contributed by atoms with Crippen molar-refractivity contribution in [3.63, 3.8) is 0 Å². The molecule has 0 aromatic rings. The second-order valence-electron chi connectivity index (χ2n) is 7.28. The molecule has 0 bridgehead atoms. The van der Waals surface area contributed by atoms with Crippen molar-refractivity contribution in [3.05, 3.63) is 0 Å². The zero-order valence-electron chi connectivity index (χ0n) is 13.1. The quantitative estimate of drug-likeness (QED) is 0.854. The van der Waals surface area contributed by atoms with Crippen molar-refractivity contribution < 1.29 is 0 Å². The van der Waals surface area contributed by atoms with Gasteiger partial charge in [0.05, 0.1) is 0 Å². The normalized spacial score (nSPS) is 25.5. The first-order valence-corrected chi connectivity index (χ1v) is 8.29. The fourth-order valence-electron chi connectivity index (χ4n) is 3.00. The number of hydrogen-bond acceptors (Lipinski definition) is 3. The van der Waals surface area contributed by atoms with Crippen molar-refractivity contribution in [2.24, 2.45) is 11.1 Å². The lowest BCUT2D eigenvalue weighted by Gasteiger charge is -2.43. The maximum atomic E-state index is 6.40. The van der Waals surface area contributed by atoms with Gasteiger partial charge in [0.25, 0.3) is 0 Å². The van der Waals surface area contributed by atoms with E-state index < -0.39 is 0 Å². The minimum Gasteiger partial charge on any atom is -0.326 e. The molecule has 0 aliphatic carbocycles. The summed E-state index contributed by atoms with van der Waals surface area (Å²) in [7, 11) is 0. The van der Waals surface area contributed by atoms with Gasteiger partial charge in [0.1, 0.15) is 0 Å². The summed E-state index contributed by atoms with van der Waals surface area (Å²) in [6.45, 7) is 16.3. The zero-order chi connectivity index (χ0) is 14.0. The van der Waals surface area contributed by atoms with Gasteiger partial charge in [0, 0.05) is 29.1 Å². The summed E-state index contributed by atoms with van der Waals surface area (Å²) in [5, 5.41) is 0. The average molecular weight is 273 g/mol. The Labute approximate surface area is 118 Å². The van der Waals surface area contributed by atoms with Crippen molar-refractivity contribution >= 4 is 11.8 Å². The highest BCUT2D eigenvalue weighted by Gasteiger charge is 2.36. The molecule has 3 heteroatoms. The molecule has 0 aromatic carbocycles. The van der Waals surface area contributed by atoms with Crippen LogP contribution in [0.15, 0.2) is 0 Å². The fraction of sp³-hybridized carbons (Fsp3) is 1.00. The van der Waals surface area contributed by atoms with E-state index in [0.717, 1.165) is 6.42 Å². The van der Waals surface area contributed by atoms with Gasteiger partial charge < -0.3 is 5.73 Å².